The zero-order valence-corrected chi connectivity index (χ0v) is 13.1. The van der Waals surface area contributed by atoms with E-state index in [9.17, 15) is 4.79 Å². The second kappa shape index (κ2) is 6.70. The molecule has 0 spiro atoms. The molecule has 0 unspecified atom stereocenters. The van der Waals surface area contributed by atoms with Crippen LogP contribution in [0.25, 0.3) is 0 Å². The number of aryl methyl sites for hydroxylation is 1. The molecule has 0 radical (unpaired) electrons. The molecule has 108 valence electrons. The van der Waals surface area contributed by atoms with Crippen LogP contribution in [0, 0.1) is 6.92 Å². The summed E-state index contributed by atoms with van der Waals surface area (Å²) in [5.41, 5.74) is 8.83. The number of hydrogen-bond donors (Lipinski definition) is 2. The molecule has 0 fully saturated rings. The van der Waals surface area contributed by atoms with Crippen LogP contribution in [0.4, 0.5) is 5.69 Å². The van der Waals surface area contributed by atoms with E-state index in [1.165, 1.54) is 0 Å². The lowest BCUT2D eigenvalue weighted by atomic mass is 10.1. The van der Waals surface area contributed by atoms with Crippen molar-refractivity contribution in [3.05, 3.63) is 64.2 Å². The lowest BCUT2D eigenvalue weighted by Crippen LogP contribution is -2.16. The van der Waals surface area contributed by atoms with Gasteiger partial charge >= 0.3 is 0 Å². The SMILES string of the molecule is Cc1ccccc1CC(=O)Nc1cc(C(N)=S)ccc1Cl. The van der Waals surface area contributed by atoms with Crippen molar-refractivity contribution in [3.8, 4) is 0 Å². The van der Waals surface area contributed by atoms with Crippen molar-refractivity contribution in [2.75, 3.05) is 5.32 Å². The van der Waals surface area contributed by atoms with Gasteiger partial charge in [-0.3, -0.25) is 4.79 Å². The molecule has 1 amide bonds. The summed E-state index contributed by atoms with van der Waals surface area (Å²) in [4.78, 5) is 12.4. The lowest BCUT2D eigenvalue weighted by molar-refractivity contribution is -0.115. The number of amides is 1. The molecule has 0 saturated carbocycles. The van der Waals surface area contributed by atoms with Gasteiger partial charge in [0.25, 0.3) is 0 Å². The van der Waals surface area contributed by atoms with Crippen LogP contribution in [0.15, 0.2) is 42.5 Å². The van der Waals surface area contributed by atoms with Crippen molar-refractivity contribution in [2.24, 2.45) is 5.73 Å². The second-order valence-electron chi connectivity index (χ2n) is 4.71. The summed E-state index contributed by atoms with van der Waals surface area (Å²) in [5.74, 6) is -0.133. The quantitative estimate of drug-likeness (QED) is 0.849. The fourth-order valence-corrected chi connectivity index (χ4v) is 2.24. The highest BCUT2D eigenvalue weighted by Crippen LogP contribution is 2.23. The first-order valence-electron chi connectivity index (χ1n) is 6.41. The Bertz CT molecular complexity index is 700. The van der Waals surface area contributed by atoms with Crippen molar-refractivity contribution in [2.45, 2.75) is 13.3 Å². The minimum atomic E-state index is -0.133. The maximum atomic E-state index is 12.1. The fourth-order valence-electron chi connectivity index (χ4n) is 1.95. The summed E-state index contributed by atoms with van der Waals surface area (Å²) in [6, 6.07) is 12.8. The molecule has 0 bridgehead atoms. The van der Waals surface area contributed by atoms with Crippen LogP contribution >= 0.6 is 23.8 Å². The first-order chi connectivity index (χ1) is 9.97. The average Bonchev–Trinajstić information content (AvgIpc) is 2.43. The van der Waals surface area contributed by atoms with Crippen molar-refractivity contribution in [1.82, 2.24) is 0 Å². The number of nitrogens with two attached hydrogens (primary N) is 1. The number of benzene rings is 2. The molecule has 2 aromatic carbocycles. The predicted molar refractivity (Wildman–Crippen MR) is 90.9 cm³/mol. The molecular weight excluding hydrogens is 304 g/mol. The monoisotopic (exact) mass is 318 g/mol. The molecule has 3 N–H and O–H groups in total. The summed E-state index contributed by atoms with van der Waals surface area (Å²) in [7, 11) is 0. The van der Waals surface area contributed by atoms with E-state index in [-0.39, 0.29) is 10.9 Å². The summed E-state index contributed by atoms with van der Waals surface area (Å²) in [5, 5.41) is 3.25. The Morgan fingerprint density at radius 1 is 1.29 bits per heavy atom. The van der Waals surface area contributed by atoms with Crippen molar-refractivity contribution in [1.29, 1.82) is 0 Å². The molecule has 0 heterocycles. The van der Waals surface area contributed by atoms with Crippen LogP contribution in [-0.2, 0) is 11.2 Å². The summed E-state index contributed by atoms with van der Waals surface area (Å²) < 4.78 is 0. The smallest absolute Gasteiger partial charge is 0.228 e. The molecule has 0 aromatic heterocycles. The van der Waals surface area contributed by atoms with Gasteiger partial charge in [-0.2, -0.15) is 0 Å². The van der Waals surface area contributed by atoms with Crippen molar-refractivity contribution >= 4 is 40.4 Å². The van der Waals surface area contributed by atoms with E-state index < -0.39 is 0 Å². The summed E-state index contributed by atoms with van der Waals surface area (Å²) >= 11 is 11.0. The van der Waals surface area contributed by atoms with Gasteiger partial charge in [0.2, 0.25) is 5.91 Å². The lowest BCUT2D eigenvalue weighted by Gasteiger charge is -2.10. The highest BCUT2D eigenvalue weighted by Gasteiger charge is 2.09. The van der Waals surface area contributed by atoms with Crippen LogP contribution in [0.2, 0.25) is 5.02 Å². The molecule has 0 aliphatic heterocycles. The number of halogens is 1. The van der Waals surface area contributed by atoms with Gasteiger partial charge in [-0.1, -0.05) is 54.2 Å². The first-order valence-corrected chi connectivity index (χ1v) is 7.19. The maximum absolute atomic E-state index is 12.1. The molecule has 3 nitrogen and oxygen atoms in total. The molecular formula is C16H15ClN2OS. The molecule has 2 rings (SSSR count). The number of hydrogen-bond acceptors (Lipinski definition) is 2. The Balaban J connectivity index is 2.15. The molecule has 0 aliphatic rings. The van der Waals surface area contributed by atoms with Gasteiger partial charge in [-0.15, -0.1) is 0 Å². The van der Waals surface area contributed by atoms with E-state index in [1.807, 2.05) is 31.2 Å². The number of rotatable bonds is 4. The van der Waals surface area contributed by atoms with Crippen LogP contribution < -0.4 is 11.1 Å². The van der Waals surface area contributed by atoms with Gasteiger partial charge in [0.15, 0.2) is 0 Å². The largest absolute Gasteiger partial charge is 0.389 e. The van der Waals surface area contributed by atoms with Gasteiger partial charge in [-0.25, -0.2) is 0 Å². The summed E-state index contributed by atoms with van der Waals surface area (Å²) in [6.45, 7) is 1.98. The van der Waals surface area contributed by atoms with Crippen LogP contribution in [0.3, 0.4) is 0 Å². The minimum absolute atomic E-state index is 0.133. The fraction of sp³-hybridized carbons (Fsp3) is 0.125. The van der Waals surface area contributed by atoms with Crippen LogP contribution in [0.1, 0.15) is 16.7 Å². The third-order valence-electron chi connectivity index (χ3n) is 3.14. The normalized spacial score (nSPS) is 10.2. The Morgan fingerprint density at radius 2 is 2.00 bits per heavy atom. The van der Waals surface area contributed by atoms with Crippen LogP contribution in [-0.4, -0.2) is 10.9 Å². The number of anilines is 1. The predicted octanol–water partition coefficient (Wildman–Crippen LogP) is 3.46. The van der Waals surface area contributed by atoms with Gasteiger partial charge in [0, 0.05) is 5.56 Å². The Labute approximate surface area is 134 Å². The van der Waals surface area contributed by atoms with E-state index in [1.54, 1.807) is 18.2 Å². The van der Waals surface area contributed by atoms with Gasteiger partial charge in [-0.05, 0) is 30.2 Å². The number of carbonyl (C=O) groups is 1. The molecule has 2 aromatic rings. The molecule has 0 aliphatic carbocycles. The first kappa shape index (κ1) is 15.5. The van der Waals surface area contributed by atoms with Gasteiger partial charge in [0.05, 0.1) is 17.1 Å². The average molecular weight is 319 g/mol. The van der Waals surface area contributed by atoms with E-state index in [0.717, 1.165) is 11.1 Å². The Hall–Kier alpha value is -1.91. The molecule has 0 saturated heterocycles. The maximum Gasteiger partial charge on any atom is 0.228 e. The summed E-state index contributed by atoms with van der Waals surface area (Å²) in [6.07, 6.45) is 0.292. The number of nitrogens with one attached hydrogen (secondary N) is 1. The molecule has 0 atom stereocenters. The van der Waals surface area contributed by atoms with Crippen molar-refractivity contribution < 1.29 is 4.79 Å². The highest BCUT2D eigenvalue weighted by molar-refractivity contribution is 7.80. The van der Waals surface area contributed by atoms with Crippen LogP contribution in [0.5, 0.6) is 0 Å². The zero-order valence-electron chi connectivity index (χ0n) is 11.5. The Morgan fingerprint density at radius 3 is 2.67 bits per heavy atom. The molecule has 5 heteroatoms. The van der Waals surface area contributed by atoms with E-state index in [4.69, 9.17) is 29.6 Å². The van der Waals surface area contributed by atoms with Gasteiger partial charge in [0.1, 0.15) is 4.99 Å². The van der Waals surface area contributed by atoms with E-state index in [0.29, 0.717) is 22.7 Å². The van der Waals surface area contributed by atoms with E-state index in [2.05, 4.69) is 5.32 Å². The standard InChI is InChI=1S/C16H15ClN2OS/c1-10-4-2-3-5-11(10)9-15(20)19-14-8-12(16(18)21)6-7-13(14)17/h2-8H,9H2,1H3,(H2,18,21)(H,19,20). The third kappa shape index (κ3) is 4.03. The molecule has 21 heavy (non-hydrogen) atoms. The number of carbonyl (C=O) groups excluding carboxylic acids is 1. The highest BCUT2D eigenvalue weighted by atomic mass is 35.5. The number of thiocarbonyl (C=S) groups is 1. The third-order valence-corrected chi connectivity index (χ3v) is 3.70. The minimum Gasteiger partial charge on any atom is -0.389 e. The topological polar surface area (TPSA) is 55.1 Å². The van der Waals surface area contributed by atoms with E-state index >= 15 is 0 Å². The van der Waals surface area contributed by atoms with Gasteiger partial charge < -0.3 is 11.1 Å². The Kier molecular flexibility index (Phi) is 4.94. The zero-order chi connectivity index (χ0) is 15.4. The second-order valence-corrected chi connectivity index (χ2v) is 5.56. The van der Waals surface area contributed by atoms with Crippen molar-refractivity contribution in [3.63, 3.8) is 0 Å².